The highest BCUT2D eigenvalue weighted by molar-refractivity contribution is 7.18. The summed E-state index contributed by atoms with van der Waals surface area (Å²) in [6.07, 6.45) is 0.330. The zero-order valence-corrected chi connectivity index (χ0v) is 18.7. The number of nitrogens with one attached hydrogen (secondary N) is 1. The van der Waals surface area contributed by atoms with Crippen LogP contribution in [0.1, 0.15) is 62.6 Å². The van der Waals surface area contributed by atoms with Gasteiger partial charge in [0.15, 0.2) is 0 Å². The Balaban J connectivity index is 1.87. The molecule has 3 rings (SSSR count). The lowest BCUT2D eigenvalue weighted by Crippen LogP contribution is -2.28. The van der Waals surface area contributed by atoms with Crippen molar-refractivity contribution in [3.05, 3.63) is 45.8 Å². The third-order valence-corrected chi connectivity index (χ3v) is 5.94. The molecule has 1 aromatic heterocycles. The normalized spacial score (nSPS) is 13.3. The molecule has 1 fully saturated rings. The van der Waals surface area contributed by atoms with Crippen LogP contribution in [-0.2, 0) is 19.1 Å². The van der Waals surface area contributed by atoms with E-state index in [-0.39, 0.29) is 58.9 Å². The highest BCUT2D eigenvalue weighted by Gasteiger charge is 2.31. The number of anilines is 2. The van der Waals surface area contributed by atoms with Crippen LogP contribution in [0.4, 0.5) is 10.7 Å². The Hall–Kier alpha value is -3.53. The molecule has 0 unspecified atom stereocenters. The number of carbonyl (C=O) groups is 5. The molecule has 1 aliphatic heterocycles. The van der Waals surface area contributed by atoms with E-state index in [2.05, 4.69) is 5.32 Å². The van der Waals surface area contributed by atoms with E-state index in [4.69, 9.17) is 9.47 Å². The van der Waals surface area contributed by atoms with Crippen LogP contribution in [0.3, 0.4) is 0 Å². The number of amides is 3. The van der Waals surface area contributed by atoms with Crippen LogP contribution in [0.5, 0.6) is 0 Å². The number of esters is 2. The summed E-state index contributed by atoms with van der Waals surface area (Å²) in [6, 6.07) is 5.96. The number of hydrogen-bond acceptors (Lipinski definition) is 8. The zero-order valence-electron chi connectivity index (χ0n) is 17.9. The topological polar surface area (TPSA) is 119 Å². The van der Waals surface area contributed by atoms with Gasteiger partial charge in [-0.2, -0.15) is 0 Å². The van der Waals surface area contributed by atoms with Gasteiger partial charge in [0, 0.05) is 18.4 Å². The van der Waals surface area contributed by atoms with Crippen LogP contribution in [0, 0.1) is 6.92 Å². The average molecular weight is 458 g/mol. The Kier molecular flexibility index (Phi) is 7.04. The number of rotatable bonds is 7. The highest BCUT2D eigenvalue weighted by Crippen LogP contribution is 2.35. The summed E-state index contributed by atoms with van der Waals surface area (Å²) in [7, 11) is 0. The Morgan fingerprint density at radius 2 is 1.53 bits per heavy atom. The van der Waals surface area contributed by atoms with Gasteiger partial charge in [-0.25, -0.2) is 9.59 Å². The molecule has 0 bridgehead atoms. The minimum absolute atomic E-state index is 0.0955. The predicted molar refractivity (Wildman–Crippen MR) is 117 cm³/mol. The molecular weight excluding hydrogens is 436 g/mol. The molecule has 2 heterocycles. The maximum absolute atomic E-state index is 12.8. The first-order valence-corrected chi connectivity index (χ1v) is 10.8. The van der Waals surface area contributed by atoms with Gasteiger partial charge >= 0.3 is 11.9 Å². The first-order valence-electron chi connectivity index (χ1n) is 10.0. The van der Waals surface area contributed by atoms with E-state index in [1.54, 1.807) is 20.8 Å². The summed E-state index contributed by atoms with van der Waals surface area (Å²) in [4.78, 5) is 62.6. The van der Waals surface area contributed by atoms with Crippen LogP contribution in [0.2, 0.25) is 0 Å². The average Bonchev–Trinajstić information content (AvgIpc) is 3.27. The Morgan fingerprint density at radius 3 is 2.09 bits per heavy atom. The maximum Gasteiger partial charge on any atom is 0.348 e. The molecule has 0 radical (unpaired) electrons. The fourth-order valence-corrected chi connectivity index (χ4v) is 4.33. The van der Waals surface area contributed by atoms with Crippen molar-refractivity contribution in [3.8, 4) is 0 Å². The largest absolute Gasteiger partial charge is 0.462 e. The number of carbonyl (C=O) groups excluding carboxylic acids is 5. The number of imide groups is 1. The molecule has 0 saturated carbocycles. The van der Waals surface area contributed by atoms with E-state index < -0.39 is 17.8 Å². The lowest BCUT2D eigenvalue weighted by atomic mass is 10.1. The van der Waals surface area contributed by atoms with Crippen molar-refractivity contribution in [1.29, 1.82) is 0 Å². The zero-order chi connectivity index (χ0) is 23.4. The van der Waals surface area contributed by atoms with Crippen molar-refractivity contribution in [2.24, 2.45) is 0 Å². The molecule has 32 heavy (non-hydrogen) atoms. The number of nitrogens with zero attached hydrogens (tertiary/aromatic N) is 1. The Morgan fingerprint density at radius 1 is 0.969 bits per heavy atom. The van der Waals surface area contributed by atoms with E-state index in [1.807, 2.05) is 0 Å². The minimum Gasteiger partial charge on any atom is -0.462 e. The molecule has 1 aromatic carbocycles. The summed E-state index contributed by atoms with van der Waals surface area (Å²) in [5.41, 5.74) is 1.09. The highest BCUT2D eigenvalue weighted by atomic mass is 32.1. The van der Waals surface area contributed by atoms with E-state index in [1.165, 1.54) is 24.3 Å². The van der Waals surface area contributed by atoms with Crippen molar-refractivity contribution in [2.75, 3.05) is 23.4 Å². The summed E-state index contributed by atoms with van der Waals surface area (Å²) < 4.78 is 10.1. The second kappa shape index (κ2) is 9.73. The van der Waals surface area contributed by atoms with Crippen molar-refractivity contribution in [3.63, 3.8) is 0 Å². The molecule has 9 nitrogen and oxygen atoms in total. The maximum atomic E-state index is 12.8. The third-order valence-electron chi connectivity index (χ3n) is 4.75. The lowest BCUT2D eigenvalue weighted by molar-refractivity contribution is -0.121. The van der Waals surface area contributed by atoms with Crippen LogP contribution in [0.15, 0.2) is 24.3 Å². The van der Waals surface area contributed by atoms with E-state index >= 15 is 0 Å². The van der Waals surface area contributed by atoms with Crippen LogP contribution in [-0.4, -0.2) is 42.9 Å². The fraction of sp³-hybridized carbons (Fsp3) is 0.318. The van der Waals surface area contributed by atoms with Gasteiger partial charge in [0.25, 0.3) is 5.91 Å². The van der Waals surface area contributed by atoms with Gasteiger partial charge in [0.2, 0.25) is 11.8 Å². The molecule has 3 amide bonds. The first kappa shape index (κ1) is 23.1. The molecule has 168 valence electrons. The molecule has 0 aliphatic carbocycles. The van der Waals surface area contributed by atoms with Crippen LogP contribution >= 0.6 is 11.3 Å². The van der Waals surface area contributed by atoms with Gasteiger partial charge in [0.05, 0.1) is 24.5 Å². The van der Waals surface area contributed by atoms with Crippen molar-refractivity contribution in [1.82, 2.24) is 0 Å². The SMILES string of the molecule is CCOC(=O)c1sc(NC(=O)c2ccc(N3C(=O)CCC3=O)cc2)c(C(=O)OCC)c1C. The summed E-state index contributed by atoms with van der Waals surface area (Å²) in [5.74, 6) is -2.35. The van der Waals surface area contributed by atoms with Gasteiger partial charge in [-0.05, 0) is 50.6 Å². The number of hydrogen-bond donors (Lipinski definition) is 1. The monoisotopic (exact) mass is 458 g/mol. The van der Waals surface area contributed by atoms with Gasteiger partial charge < -0.3 is 14.8 Å². The summed E-state index contributed by atoms with van der Waals surface area (Å²) in [6.45, 7) is 5.21. The lowest BCUT2D eigenvalue weighted by Gasteiger charge is -2.14. The Bertz CT molecular complexity index is 1070. The van der Waals surface area contributed by atoms with Crippen molar-refractivity contribution < 1.29 is 33.4 Å². The second-order valence-corrected chi connectivity index (χ2v) is 7.85. The second-order valence-electron chi connectivity index (χ2n) is 6.83. The standard InChI is InChI=1S/C22H22N2O7S/c1-4-30-21(28)17-12(3)18(22(29)31-5-2)32-20(17)23-19(27)13-6-8-14(9-7-13)24-15(25)10-11-16(24)26/h6-9H,4-5,10-11H2,1-3H3,(H,23,27). The molecule has 0 atom stereocenters. The van der Waals surface area contributed by atoms with Crippen LogP contribution in [0.25, 0.3) is 0 Å². The van der Waals surface area contributed by atoms with Gasteiger partial charge in [0.1, 0.15) is 9.88 Å². The van der Waals surface area contributed by atoms with Gasteiger partial charge in [-0.3, -0.25) is 19.3 Å². The molecule has 0 spiro atoms. The number of ether oxygens (including phenoxy) is 2. The molecule has 2 aromatic rings. The molecule has 1 aliphatic rings. The fourth-order valence-electron chi connectivity index (χ4n) is 3.24. The van der Waals surface area contributed by atoms with Crippen molar-refractivity contribution >= 4 is 51.7 Å². The van der Waals surface area contributed by atoms with Gasteiger partial charge in [-0.15, -0.1) is 11.3 Å². The minimum atomic E-state index is -0.659. The summed E-state index contributed by atoms with van der Waals surface area (Å²) in [5, 5.41) is 2.82. The van der Waals surface area contributed by atoms with E-state index in [0.29, 0.717) is 11.3 Å². The molecule has 1 N–H and O–H groups in total. The quantitative estimate of drug-likeness (QED) is 0.499. The van der Waals surface area contributed by atoms with Crippen LogP contribution < -0.4 is 10.2 Å². The first-order chi connectivity index (χ1) is 15.3. The third kappa shape index (κ3) is 4.54. The molecule has 10 heteroatoms. The van der Waals surface area contributed by atoms with E-state index in [0.717, 1.165) is 16.2 Å². The Labute approximate surface area is 188 Å². The van der Waals surface area contributed by atoms with Gasteiger partial charge in [-0.1, -0.05) is 0 Å². The van der Waals surface area contributed by atoms with E-state index in [9.17, 15) is 24.0 Å². The number of thiophene rings is 1. The smallest absolute Gasteiger partial charge is 0.348 e. The predicted octanol–water partition coefficient (Wildman–Crippen LogP) is 3.32. The molecule has 1 saturated heterocycles. The summed E-state index contributed by atoms with van der Waals surface area (Å²) >= 11 is 0.931. The molecular formula is C22H22N2O7S. The van der Waals surface area contributed by atoms with Crippen molar-refractivity contribution in [2.45, 2.75) is 33.6 Å². The number of benzene rings is 1.